The number of urea groups is 1. The number of anilines is 1. The van der Waals surface area contributed by atoms with E-state index in [9.17, 15) is 14.0 Å². The largest absolute Gasteiger partial charge is 0.467 e. The number of halogens is 1. The van der Waals surface area contributed by atoms with Crippen molar-refractivity contribution in [3.8, 4) is 16.5 Å². The van der Waals surface area contributed by atoms with Crippen molar-refractivity contribution in [1.82, 2.24) is 5.32 Å². The van der Waals surface area contributed by atoms with Gasteiger partial charge in [-0.15, -0.1) is 11.3 Å². The quantitative estimate of drug-likeness (QED) is 0.816. The van der Waals surface area contributed by atoms with Crippen LogP contribution in [0.3, 0.4) is 0 Å². The zero-order chi connectivity index (χ0) is 18.6. The zero-order valence-electron chi connectivity index (χ0n) is 13.8. The fraction of sp³-hybridized carbons (Fsp3) is 0.235. The van der Waals surface area contributed by atoms with Crippen molar-refractivity contribution in [3.05, 3.63) is 41.0 Å². The number of carbonyl (C=O) groups excluding carboxylic acids is 2. The number of hydrogen-bond donors (Lipinski definition) is 2. The Balaban J connectivity index is 2.18. The van der Waals surface area contributed by atoms with Crippen molar-refractivity contribution >= 4 is 29.0 Å². The first kappa shape index (κ1) is 18.4. The van der Waals surface area contributed by atoms with Gasteiger partial charge in [-0.2, -0.15) is 5.26 Å². The van der Waals surface area contributed by atoms with Crippen LogP contribution in [0, 0.1) is 17.1 Å². The average Bonchev–Trinajstić information content (AvgIpc) is 3.04. The highest BCUT2D eigenvalue weighted by Crippen LogP contribution is 2.31. The number of nitrogens with one attached hydrogen (secondary N) is 2. The molecule has 0 spiro atoms. The highest BCUT2D eigenvalue weighted by atomic mass is 32.1. The molecule has 0 saturated heterocycles. The molecule has 0 aliphatic heterocycles. The number of thiophene rings is 1. The molecule has 1 heterocycles. The van der Waals surface area contributed by atoms with E-state index < -0.39 is 23.4 Å². The van der Waals surface area contributed by atoms with E-state index in [0.717, 1.165) is 11.3 Å². The third-order valence-corrected chi connectivity index (χ3v) is 4.35. The van der Waals surface area contributed by atoms with Crippen LogP contribution in [-0.2, 0) is 9.53 Å². The fourth-order valence-electron chi connectivity index (χ4n) is 2.09. The van der Waals surface area contributed by atoms with E-state index >= 15 is 0 Å². The first-order chi connectivity index (χ1) is 11.8. The minimum absolute atomic E-state index is 0.275. The molecular formula is C17H16FN3O3S. The number of methoxy groups -OCH3 is 1. The Morgan fingerprint density at radius 2 is 2.00 bits per heavy atom. The van der Waals surface area contributed by atoms with Crippen LogP contribution < -0.4 is 10.6 Å². The summed E-state index contributed by atoms with van der Waals surface area (Å²) in [5.74, 6) is -1.06. The SMILES string of the molecule is COC(=O)C(C)(C)NC(=O)Nc1ccc(F)c(-c2ccc(C#N)s2)c1. The van der Waals surface area contributed by atoms with Crippen LogP contribution in [0.25, 0.3) is 10.4 Å². The summed E-state index contributed by atoms with van der Waals surface area (Å²) in [4.78, 5) is 24.7. The van der Waals surface area contributed by atoms with Crippen LogP contribution in [0.1, 0.15) is 18.7 Å². The topological polar surface area (TPSA) is 91.2 Å². The molecule has 1 aromatic carbocycles. The second-order valence-electron chi connectivity index (χ2n) is 5.67. The predicted molar refractivity (Wildman–Crippen MR) is 92.7 cm³/mol. The molecule has 2 amide bonds. The lowest BCUT2D eigenvalue weighted by atomic mass is 10.1. The van der Waals surface area contributed by atoms with Crippen LogP contribution in [-0.4, -0.2) is 24.6 Å². The summed E-state index contributed by atoms with van der Waals surface area (Å²) in [7, 11) is 1.23. The molecule has 25 heavy (non-hydrogen) atoms. The van der Waals surface area contributed by atoms with Gasteiger partial charge in [0.25, 0.3) is 0 Å². The smallest absolute Gasteiger partial charge is 0.331 e. The van der Waals surface area contributed by atoms with Crippen molar-refractivity contribution in [1.29, 1.82) is 5.26 Å². The van der Waals surface area contributed by atoms with E-state index in [4.69, 9.17) is 5.26 Å². The third-order valence-electron chi connectivity index (χ3n) is 3.33. The van der Waals surface area contributed by atoms with Crippen molar-refractivity contribution in [3.63, 3.8) is 0 Å². The number of rotatable bonds is 4. The highest BCUT2D eigenvalue weighted by Gasteiger charge is 2.30. The summed E-state index contributed by atoms with van der Waals surface area (Å²) in [6.07, 6.45) is 0. The van der Waals surface area contributed by atoms with Gasteiger partial charge < -0.3 is 15.4 Å². The number of amides is 2. The summed E-state index contributed by atoms with van der Waals surface area (Å²) < 4.78 is 18.7. The molecule has 0 aliphatic rings. The first-order valence-electron chi connectivity index (χ1n) is 7.24. The molecule has 0 aliphatic carbocycles. The Hall–Kier alpha value is -2.92. The number of esters is 1. The number of hydrogen-bond acceptors (Lipinski definition) is 5. The molecule has 0 saturated carbocycles. The van der Waals surface area contributed by atoms with Crippen molar-refractivity contribution < 1.29 is 18.7 Å². The van der Waals surface area contributed by atoms with Crippen LogP contribution >= 0.6 is 11.3 Å². The molecule has 2 aromatic rings. The van der Waals surface area contributed by atoms with Gasteiger partial charge in [-0.05, 0) is 44.2 Å². The fourth-order valence-corrected chi connectivity index (χ4v) is 2.91. The van der Waals surface area contributed by atoms with Crippen LogP contribution in [0.15, 0.2) is 30.3 Å². The molecule has 0 fully saturated rings. The molecule has 6 nitrogen and oxygen atoms in total. The van der Waals surface area contributed by atoms with Crippen LogP contribution in [0.5, 0.6) is 0 Å². The molecular weight excluding hydrogens is 345 g/mol. The molecule has 2 rings (SSSR count). The predicted octanol–water partition coefficient (Wildman–Crippen LogP) is 3.50. The van der Waals surface area contributed by atoms with Gasteiger partial charge in [0, 0.05) is 16.1 Å². The normalized spacial score (nSPS) is 10.7. The maximum atomic E-state index is 14.1. The van der Waals surface area contributed by atoms with Gasteiger partial charge in [0.15, 0.2) is 0 Å². The minimum Gasteiger partial charge on any atom is -0.467 e. The van der Waals surface area contributed by atoms with Crippen molar-refractivity contribution in [2.45, 2.75) is 19.4 Å². The highest BCUT2D eigenvalue weighted by molar-refractivity contribution is 7.16. The summed E-state index contributed by atoms with van der Waals surface area (Å²) in [5, 5.41) is 13.9. The van der Waals surface area contributed by atoms with Gasteiger partial charge in [0.2, 0.25) is 0 Å². The minimum atomic E-state index is -1.21. The van der Waals surface area contributed by atoms with E-state index in [1.807, 2.05) is 6.07 Å². The van der Waals surface area contributed by atoms with E-state index in [1.54, 1.807) is 12.1 Å². The molecule has 1 aromatic heterocycles. The Morgan fingerprint density at radius 1 is 1.28 bits per heavy atom. The van der Waals surface area contributed by atoms with Crippen LogP contribution in [0.2, 0.25) is 0 Å². The Bertz CT molecular complexity index is 855. The third kappa shape index (κ3) is 4.33. The Kier molecular flexibility index (Phi) is 5.39. The van der Waals surface area contributed by atoms with Crippen molar-refractivity contribution in [2.24, 2.45) is 0 Å². The lowest BCUT2D eigenvalue weighted by Crippen LogP contribution is -2.51. The first-order valence-corrected chi connectivity index (χ1v) is 8.06. The zero-order valence-corrected chi connectivity index (χ0v) is 14.7. The summed E-state index contributed by atoms with van der Waals surface area (Å²) >= 11 is 1.15. The standard InChI is InChI=1S/C17H16FN3O3S/c1-17(2,15(22)24-3)21-16(23)20-10-4-6-13(18)12(8-10)14-7-5-11(9-19)25-14/h4-8H,1-3H3,(H2,20,21,23). The molecule has 130 valence electrons. The molecule has 8 heteroatoms. The van der Waals surface area contributed by atoms with Crippen LogP contribution in [0.4, 0.5) is 14.9 Å². The average molecular weight is 361 g/mol. The van der Waals surface area contributed by atoms with E-state index in [-0.39, 0.29) is 5.56 Å². The maximum Gasteiger partial charge on any atom is 0.331 e. The van der Waals surface area contributed by atoms with Gasteiger partial charge in [0.1, 0.15) is 22.3 Å². The molecule has 0 radical (unpaired) electrons. The molecule has 2 N–H and O–H groups in total. The van der Waals surface area contributed by atoms with E-state index in [0.29, 0.717) is 15.4 Å². The number of carbonyl (C=O) groups is 2. The monoisotopic (exact) mass is 361 g/mol. The van der Waals surface area contributed by atoms with E-state index in [2.05, 4.69) is 15.4 Å². The summed E-state index contributed by atoms with van der Waals surface area (Å²) in [5.41, 5.74) is -0.588. The van der Waals surface area contributed by atoms with E-state index in [1.165, 1.54) is 39.2 Å². The van der Waals surface area contributed by atoms with Gasteiger partial charge in [0.05, 0.1) is 7.11 Å². The maximum absolute atomic E-state index is 14.1. The number of nitrogens with zero attached hydrogens (tertiary/aromatic N) is 1. The number of nitriles is 1. The lowest BCUT2D eigenvalue weighted by molar-refractivity contribution is -0.146. The number of benzene rings is 1. The summed E-state index contributed by atoms with van der Waals surface area (Å²) in [6.45, 7) is 3.01. The Morgan fingerprint density at radius 3 is 2.60 bits per heavy atom. The second kappa shape index (κ2) is 7.32. The van der Waals surface area contributed by atoms with Gasteiger partial charge in [-0.1, -0.05) is 0 Å². The lowest BCUT2D eigenvalue weighted by Gasteiger charge is -2.23. The Labute approximate surface area is 148 Å². The second-order valence-corrected chi connectivity index (χ2v) is 6.75. The van der Waals surface area contributed by atoms with Gasteiger partial charge >= 0.3 is 12.0 Å². The van der Waals surface area contributed by atoms with Gasteiger partial charge in [-0.3, -0.25) is 0 Å². The summed E-state index contributed by atoms with van der Waals surface area (Å²) in [6, 6.07) is 8.71. The molecule has 0 atom stereocenters. The number of ether oxygens (including phenoxy) is 1. The molecule has 0 unspecified atom stereocenters. The van der Waals surface area contributed by atoms with Gasteiger partial charge in [-0.25, -0.2) is 14.0 Å². The van der Waals surface area contributed by atoms with Crippen molar-refractivity contribution in [2.75, 3.05) is 12.4 Å². The molecule has 0 bridgehead atoms.